The van der Waals surface area contributed by atoms with Gasteiger partial charge in [0, 0.05) is 38.3 Å². The third-order valence-corrected chi connectivity index (χ3v) is 5.82. The van der Waals surface area contributed by atoms with Gasteiger partial charge in [-0.1, -0.05) is 18.2 Å². The van der Waals surface area contributed by atoms with Crippen LogP contribution in [0.2, 0.25) is 0 Å². The fraction of sp³-hybridized carbons (Fsp3) is 0.476. The molecule has 0 aromatic heterocycles. The molecule has 1 aromatic rings. The third-order valence-electron chi connectivity index (χ3n) is 5.82. The van der Waals surface area contributed by atoms with Crippen molar-refractivity contribution >= 4 is 17.8 Å². The first-order chi connectivity index (χ1) is 13.8. The van der Waals surface area contributed by atoms with Gasteiger partial charge in [0.05, 0.1) is 0 Å². The molecular weight excluding hydrogens is 379 g/mol. The average molecular weight is 404 g/mol. The number of rotatable bonds is 3. The fourth-order valence-electron chi connectivity index (χ4n) is 4.37. The van der Waals surface area contributed by atoms with E-state index in [1.54, 1.807) is 12.1 Å². The minimum absolute atomic E-state index is 0.0491. The Hall–Kier alpha value is -2.74. The van der Waals surface area contributed by atoms with Gasteiger partial charge in [-0.25, -0.2) is 14.0 Å². The molecule has 2 aliphatic carbocycles. The first-order valence-electron chi connectivity index (χ1n) is 9.75. The molecule has 1 saturated heterocycles. The van der Waals surface area contributed by atoms with Crippen molar-refractivity contribution in [2.75, 3.05) is 32.7 Å². The highest BCUT2D eigenvalue weighted by atomic mass is 19.1. The second-order valence-corrected chi connectivity index (χ2v) is 7.75. The van der Waals surface area contributed by atoms with Gasteiger partial charge >= 0.3 is 11.9 Å². The molecule has 29 heavy (non-hydrogen) atoms. The minimum Gasteiger partial charge on any atom is -0.473 e. The number of benzene rings is 1. The van der Waals surface area contributed by atoms with Crippen LogP contribution in [-0.2, 0) is 9.59 Å². The number of carbonyl (C=O) groups excluding carboxylic acids is 1. The van der Waals surface area contributed by atoms with E-state index in [2.05, 4.69) is 17.1 Å². The van der Waals surface area contributed by atoms with Gasteiger partial charge in [-0.15, -0.1) is 0 Å². The summed E-state index contributed by atoms with van der Waals surface area (Å²) >= 11 is 0. The zero-order valence-corrected chi connectivity index (χ0v) is 16.0. The van der Waals surface area contributed by atoms with E-state index in [0.29, 0.717) is 5.56 Å². The lowest BCUT2D eigenvalue weighted by Crippen LogP contribution is -2.50. The summed E-state index contributed by atoms with van der Waals surface area (Å²) in [6.07, 6.45) is 7.48. The summed E-state index contributed by atoms with van der Waals surface area (Å²) in [6.45, 7) is 4.50. The van der Waals surface area contributed by atoms with Crippen LogP contribution >= 0.6 is 0 Å². The number of fused-ring (bicyclic) bond motifs is 2. The maximum absolute atomic E-state index is 13.3. The van der Waals surface area contributed by atoms with Gasteiger partial charge < -0.3 is 15.1 Å². The van der Waals surface area contributed by atoms with Crippen LogP contribution in [0.1, 0.15) is 23.2 Å². The fourth-order valence-corrected chi connectivity index (χ4v) is 4.37. The molecule has 1 amide bonds. The number of carboxylic acids is 2. The Morgan fingerprint density at radius 1 is 1.00 bits per heavy atom. The molecule has 3 atom stereocenters. The highest BCUT2D eigenvalue weighted by Gasteiger charge is 2.36. The lowest BCUT2D eigenvalue weighted by atomic mass is 9.93. The van der Waals surface area contributed by atoms with E-state index in [1.807, 2.05) is 4.90 Å². The van der Waals surface area contributed by atoms with Crippen molar-refractivity contribution in [1.29, 1.82) is 0 Å². The molecule has 3 aliphatic rings. The highest BCUT2D eigenvalue weighted by Crippen LogP contribution is 2.43. The summed E-state index contributed by atoms with van der Waals surface area (Å²) in [5, 5.41) is 14.8. The molecule has 3 unspecified atom stereocenters. The largest absolute Gasteiger partial charge is 0.473 e. The number of hydrogen-bond donors (Lipinski definition) is 2. The Morgan fingerprint density at radius 2 is 1.69 bits per heavy atom. The Morgan fingerprint density at radius 3 is 2.21 bits per heavy atom. The average Bonchev–Trinajstić information content (AvgIpc) is 3.31. The molecular formula is C21H25FN2O5. The van der Waals surface area contributed by atoms with Gasteiger partial charge in [0.1, 0.15) is 5.82 Å². The molecule has 2 N–H and O–H groups in total. The second kappa shape index (κ2) is 9.17. The van der Waals surface area contributed by atoms with Crippen molar-refractivity contribution < 1.29 is 29.0 Å². The lowest BCUT2D eigenvalue weighted by molar-refractivity contribution is -0.159. The molecule has 2 bridgehead atoms. The molecule has 4 rings (SSSR count). The van der Waals surface area contributed by atoms with Crippen LogP contribution in [0, 0.1) is 23.6 Å². The summed E-state index contributed by atoms with van der Waals surface area (Å²) in [5.74, 6) is -1.64. The molecule has 1 aliphatic heterocycles. The molecule has 8 heteroatoms. The number of aliphatic carboxylic acids is 2. The summed E-state index contributed by atoms with van der Waals surface area (Å²) in [7, 11) is 0. The van der Waals surface area contributed by atoms with E-state index in [9.17, 15) is 9.18 Å². The topological polar surface area (TPSA) is 98.1 Å². The molecule has 0 spiro atoms. The standard InChI is InChI=1S/C19H23FN2O.C2H2O4/c20-18-3-1-2-16(12-18)19(23)22-8-6-21(7-9-22)13-17-11-14-4-5-15(17)10-14;3-1(4)2(5)6/h1-5,12,14-15,17H,6-11,13H2;(H,3,4)(H,5,6). The monoisotopic (exact) mass is 404 g/mol. The number of nitrogens with zero attached hydrogens (tertiary/aromatic N) is 2. The number of carboxylic acid groups (broad SMARTS) is 2. The van der Waals surface area contributed by atoms with E-state index in [4.69, 9.17) is 19.8 Å². The predicted octanol–water partition coefficient (Wildman–Crippen LogP) is 1.95. The lowest BCUT2D eigenvalue weighted by Gasteiger charge is -2.37. The maximum atomic E-state index is 13.3. The van der Waals surface area contributed by atoms with Crippen LogP contribution < -0.4 is 0 Å². The van der Waals surface area contributed by atoms with Crippen molar-refractivity contribution in [2.24, 2.45) is 17.8 Å². The zero-order chi connectivity index (χ0) is 21.0. The first-order valence-corrected chi connectivity index (χ1v) is 9.75. The van der Waals surface area contributed by atoms with Crippen LogP contribution in [0.5, 0.6) is 0 Å². The molecule has 7 nitrogen and oxygen atoms in total. The third kappa shape index (κ3) is 5.41. The molecule has 2 fully saturated rings. The van der Waals surface area contributed by atoms with E-state index < -0.39 is 11.9 Å². The minimum atomic E-state index is -1.82. The highest BCUT2D eigenvalue weighted by molar-refractivity contribution is 6.27. The van der Waals surface area contributed by atoms with Crippen LogP contribution in [0.4, 0.5) is 4.39 Å². The Kier molecular flexibility index (Phi) is 6.64. The maximum Gasteiger partial charge on any atom is 0.414 e. The second-order valence-electron chi connectivity index (χ2n) is 7.75. The van der Waals surface area contributed by atoms with E-state index >= 15 is 0 Å². The number of piperazine rings is 1. The van der Waals surface area contributed by atoms with Crippen molar-refractivity contribution in [3.63, 3.8) is 0 Å². The Labute approximate surface area is 168 Å². The van der Waals surface area contributed by atoms with Crippen LogP contribution in [-0.4, -0.2) is 70.6 Å². The summed E-state index contributed by atoms with van der Waals surface area (Å²) in [4.78, 5) is 35.0. The zero-order valence-electron chi connectivity index (χ0n) is 16.0. The van der Waals surface area contributed by atoms with E-state index in [1.165, 1.54) is 25.0 Å². The number of halogens is 1. The van der Waals surface area contributed by atoms with E-state index in [-0.39, 0.29) is 11.7 Å². The summed E-state index contributed by atoms with van der Waals surface area (Å²) in [5.41, 5.74) is 0.455. The molecule has 1 aromatic carbocycles. The van der Waals surface area contributed by atoms with Crippen molar-refractivity contribution in [3.05, 3.63) is 47.8 Å². The quantitative estimate of drug-likeness (QED) is 0.590. The van der Waals surface area contributed by atoms with Gasteiger partial charge in [-0.3, -0.25) is 9.69 Å². The molecule has 1 heterocycles. The Bertz CT molecular complexity index is 792. The first kappa shape index (κ1) is 21.0. The van der Waals surface area contributed by atoms with Crippen LogP contribution in [0.25, 0.3) is 0 Å². The van der Waals surface area contributed by atoms with Crippen LogP contribution in [0.3, 0.4) is 0 Å². The molecule has 0 radical (unpaired) electrons. The van der Waals surface area contributed by atoms with Gasteiger partial charge in [0.15, 0.2) is 0 Å². The van der Waals surface area contributed by atoms with Crippen molar-refractivity contribution in [1.82, 2.24) is 9.80 Å². The van der Waals surface area contributed by atoms with Gasteiger partial charge in [-0.2, -0.15) is 0 Å². The molecule has 1 saturated carbocycles. The predicted molar refractivity (Wildman–Crippen MR) is 103 cm³/mol. The smallest absolute Gasteiger partial charge is 0.414 e. The SMILES string of the molecule is O=C(O)C(=O)O.O=C(c1cccc(F)c1)N1CCN(CC2CC3C=CC2C3)CC1. The van der Waals surface area contributed by atoms with E-state index in [0.717, 1.165) is 50.5 Å². The number of amides is 1. The normalized spacial score (nSPS) is 25.4. The number of hydrogen-bond acceptors (Lipinski definition) is 4. The summed E-state index contributed by atoms with van der Waals surface area (Å²) in [6, 6.07) is 6.00. The number of carbonyl (C=O) groups is 3. The van der Waals surface area contributed by atoms with Crippen molar-refractivity contribution in [3.8, 4) is 0 Å². The number of allylic oxidation sites excluding steroid dienone is 2. The Balaban J connectivity index is 0.000000353. The van der Waals surface area contributed by atoms with Crippen molar-refractivity contribution in [2.45, 2.75) is 12.8 Å². The van der Waals surface area contributed by atoms with Gasteiger partial charge in [-0.05, 0) is 48.8 Å². The summed E-state index contributed by atoms with van der Waals surface area (Å²) < 4.78 is 13.3. The molecule has 156 valence electrons. The van der Waals surface area contributed by atoms with Gasteiger partial charge in [0.25, 0.3) is 5.91 Å². The van der Waals surface area contributed by atoms with Gasteiger partial charge in [0.2, 0.25) is 0 Å². The van der Waals surface area contributed by atoms with Crippen LogP contribution in [0.15, 0.2) is 36.4 Å².